The Kier molecular flexibility index (Phi) is 5.34. The molecule has 0 bridgehead atoms. The van der Waals surface area contributed by atoms with E-state index in [1.807, 2.05) is 6.07 Å². The number of aromatic nitrogens is 3. The van der Waals surface area contributed by atoms with Crippen LogP contribution in [-0.4, -0.2) is 32.6 Å². The zero-order chi connectivity index (χ0) is 18.5. The van der Waals surface area contributed by atoms with Gasteiger partial charge in [-0.2, -0.15) is 0 Å². The number of hydrogen-bond acceptors (Lipinski definition) is 8. The minimum atomic E-state index is -0.572. The maximum atomic E-state index is 12.0. The smallest absolute Gasteiger partial charge is 0.271 e. The second-order valence-corrected chi connectivity index (χ2v) is 6.25. The fourth-order valence-electron chi connectivity index (χ4n) is 1.90. The van der Waals surface area contributed by atoms with Gasteiger partial charge in [0.2, 0.25) is 5.13 Å². The van der Waals surface area contributed by atoms with Gasteiger partial charge in [0.15, 0.2) is 11.6 Å². The topological polar surface area (TPSA) is 120 Å². The molecular formula is C15H10ClN5O4S. The summed E-state index contributed by atoms with van der Waals surface area (Å²) in [5.74, 6) is -0.297. The lowest BCUT2D eigenvalue weighted by atomic mass is 10.3. The molecule has 9 nitrogen and oxygen atoms in total. The summed E-state index contributed by atoms with van der Waals surface area (Å²) in [6.45, 7) is -0.334. The first kappa shape index (κ1) is 17.7. The van der Waals surface area contributed by atoms with E-state index in [4.69, 9.17) is 16.3 Å². The van der Waals surface area contributed by atoms with Crippen LogP contribution < -0.4 is 10.1 Å². The Bertz CT molecular complexity index is 950. The van der Waals surface area contributed by atoms with Crippen molar-refractivity contribution in [2.24, 2.45) is 0 Å². The highest BCUT2D eigenvalue weighted by Gasteiger charge is 2.13. The van der Waals surface area contributed by atoms with Crippen molar-refractivity contribution in [3.63, 3.8) is 0 Å². The molecule has 0 atom stereocenters. The number of nitro benzene ring substituents is 1. The van der Waals surface area contributed by atoms with Gasteiger partial charge in [-0.05, 0) is 18.2 Å². The number of anilines is 1. The number of hydrogen-bond donors (Lipinski definition) is 1. The lowest BCUT2D eigenvalue weighted by Crippen LogP contribution is -2.20. The van der Waals surface area contributed by atoms with Gasteiger partial charge in [0.25, 0.3) is 11.6 Å². The van der Waals surface area contributed by atoms with E-state index in [1.54, 1.807) is 18.5 Å². The van der Waals surface area contributed by atoms with Crippen LogP contribution in [0, 0.1) is 10.1 Å². The number of ether oxygens (including phenoxy) is 1. The van der Waals surface area contributed by atoms with Crippen molar-refractivity contribution in [3.05, 3.63) is 57.9 Å². The van der Waals surface area contributed by atoms with Crippen molar-refractivity contribution < 1.29 is 14.5 Å². The number of non-ortho nitro benzene ring substituents is 1. The van der Waals surface area contributed by atoms with E-state index in [0.717, 1.165) is 11.6 Å². The number of halogens is 1. The Morgan fingerprint density at radius 2 is 2.19 bits per heavy atom. The molecule has 1 amide bonds. The van der Waals surface area contributed by atoms with E-state index >= 15 is 0 Å². The summed E-state index contributed by atoms with van der Waals surface area (Å²) >= 11 is 7.09. The van der Waals surface area contributed by atoms with E-state index in [0.29, 0.717) is 10.1 Å². The number of pyridine rings is 1. The molecule has 0 fully saturated rings. The normalized spacial score (nSPS) is 10.3. The number of nitrogens with one attached hydrogen (secondary N) is 1. The quantitative estimate of drug-likeness (QED) is 0.506. The Morgan fingerprint density at radius 3 is 2.88 bits per heavy atom. The third-order valence-corrected chi connectivity index (χ3v) is 4.25. The summed E-state index contributed by atoms with van der Waals surface area (Å²) in [5.41, 5.74) is 0.628. The van der Waals surface area contributed by atoms with E-state index in [-0.39, 0.29) is 23.1 Å². The highest BCUT2D eigenvalue weighted by Crippen LogP contribution is 2.29. The molecule has 0 aliphatic rings. The number of nitro groups is 1. The third-order valence-electron chi connectivity index (χ3n) is 3.06. The minimum Gasteiger partial charge on any atom is -0.482 e. The fourth-order valence-corrected chi connectivity index (χ4v) is 2.88. The number of nitrogens with zero attached hydrogens (tertiary/aromatic N) is 4. The molecule has 0 saturated carbocycles. The van der Waals surface area contributed by atoms with Crippen LogP contribution in [0.25, 0.3) is 10.6 Å². The molecule has 2 heterocycles. The molecule has 132 valence electrons. The molecule has 0 spiro atoms. The molecule has 1 aromatic carbocycles. The number of rotatable bonds is 6. The first-order chi connectivity index (χ1) is 12.5. The molecule has 0 aliphatic heterocycles. The zero-order valence-electron chi connectivity index (χ0n) is 13.0. The van der Waals surface area contributed by atoms with Gasteiger partial charge in [-0.1, -0.05) is 22.9 Å². The van der Waals surface area contributed by atoms with Crippen molar-refractivity contribution in [2.75, 3.05) is 11.9 Å². The summed E-state index contributed by atoms with van der Waals surface area (Å²) in [7, 11) is 0. The summed E-state index contributed by atoms with van der Waals surface area (Å²) in [4.78, 5) is 26.0. The number of amides is 1. The van der Waals surface area contributed by atoms with Gasteiger partial charge in [-0.25, -0.2) is 0 Å². The fraction of sp³-hybridized carbons (Fsp3) is 0.0667. The monoisotopic (exact) mass is 391 g/mol. The van der Waals surface area contributed by atoms with Crippen molar-refractivity contribution in [1.29, 1.82) is 0 Å². The molecule has 2 aromatic heterocycles. The van der Waals surface area contributed by atoms with Crippen molar-refractivity contribution in [1.82, 2.24) is 15.2 Å². The molecule has 0 radical (unpaired) electrons. The number of benzene rings is 1. The predicted octanol–water partition coefficient (Wildman–Crippen LogP) is 3.18. The molecule has 11 heteroatoms. The Morgan fingerprint density at radius 1 is 1.35 bits per heavy atom. The summed E-state index contributed by atoms with van der Waals surface area (Å²) < 4.78 is 5.28. The molecule has 26 heavy (non-hydrogen) atoms. The molecule has 0 saturated heterocycles. The van der Waals surface area contributed by atoms with Crippen LogP contribution >= 0.6 is 22.9 Å². The largest absolute Gasteiger partial charge is 0.482 e. The van der Waals surface area contributed by atoms with Gasteiger partial charge >= 0.3 is 0 Å². The Hall–Kier alpha value is -3.11. The van der Waals surface area contributed by atoms with Gasteiger partial charge in [-0.15, -0.1) is 10.2 Å². The third kappa shape index (κ3) is 4.29. The Balaban J connectivity index is 1.58. The SMILES string of the molecule is O=C(COc1ccc([N+](=O)[O-])cc1Cl)Nc1nnc(-c2cccnc2)s1. The van der Waals surface area contributed by atoms with Crippen LogP contribution in [0.15, 0.2) is 42.7 Å². The van der Waals surface area contributed by atoms with Crippen molar-refractivity contribution >= 4 is 39.7 Å². The van der Waals surface area contributed by atoms with Gasteiger partial charge in [0, 0.05) is 30.1 Å². The summed E-state index contributed by atoms with van der Waals surface area (Å²) in [6, 6.07) is 7.33. The summed E-state index contributed by atoms with van der Waals surface area (Å²) in [6.07, 6.45) is 3.29. The van der Waals surface area contributed by atoms with Gasteiger partial charge < -0.3 is 4.74 Å². The first-order valence-electron chi connectivity index (χ1n) is 7.13. The van der Waals surface area contributed by atoms with Gasteiger partial charge in [0.05, 0.1) is 9.95 Å². The maximum Gasteiger partial charge on any atom is 0.271 e. The predicted molar refractivity (Wildman–Crippen MR) is 95.4 cm³/mol. The standard InChI is InChI=1S/C15H10ClN5O4S/c16-11-6-10(21(23)24)3-4-12(11)25-8-13(22)18-15-20-19-14(26-15)9-2-1-5-17-7-9/h1-7H,8H2,(H,18,20,22). The van der Waals surface area contributed by atoms with E-state index < -0.39 is 10.8 Å². The maximum absolute atomic E-state index is 12.0. The Labute approximate surface area is 155 Å². The summed E-state index contributed by atoms with van der Waals surface area (Å²) in [5, 5.41) is 22.1. The first-order valence-corrected chi connectivity index (χ1v) is 8.33. The second kappa shape index (κ2) is 7.85. The average Bonchev–Trinajstić information content (AvgIpc) is 3.09. The van der Waals surface area contributed by atoms with Crippen LogP contribution in [0.1, 0.15) is 0 Å². The van der Waals surface area contributed by atoms with Crippen LogP contribution in [0.3, 0.4) is 0 Å². The van der Waals surface area contributed by atoms with Crippen molar-refractivity contribution in [3.8, 4) is 16.3 Å². The lowest BCUT2D eigenvalue weighted by molar-refractivity contribution is -0.384. The van der Waals surface area contributed by atoms with E-state index in [9.17, 15) is 14.9 Å². The van der Waals surface area contributed by atoms with Crippen LogP contribution in [-0.2, 0) is 4.79 Å². The highest BCUT2D eigenvalue weighted by atomic mass is 35.5. The average molecular weight is 392 g/mol. The molecule has 3 rings (SSSR count). The highest BCUT2D eigenvalue weighted by molar-refractivity contribution is 7.18. The molecule has 3 aromatic rings. The van der Waals surface area contributed by atoms with Crippen LogP contribution in [0.5, 0.6) is 5.75 Å². The van der Waals surface area contributed by atoms with Crippen molar-refractivity contribution in [2.45, 2.75) is 0 Å². The van der Waals surface area contributed by atoms with Crippen LogP contribution in [0.4, 0.5) is 10.8 Å². The zero-order valence-corrected chi connectivity index (χ0v) is 14.5. The molecule has 0 unspecified atom stereocenters. The molecule has 0 aliphatic carbocycles. The second-order valence-electron chi connectivity index (χ2n) is 4.86. The van der Waals surface area contributed by atoms with Gasteiger partial charge in [-0.3, -0.25) is 25.2 Å². The van der Waals surface area contributed by atoms with E-state index in [1.165, 1.54) is 23.5 Å². The lowest BCUT2D eigenvalue weighted by Gasteiger charge is -2.07. The van der Waals surface area contributed by atoms with Crippen LogP contribution in [0.2, 0.25) is 5.02 Å². The number of carbonyl (C=O) groups excluding carboxylic acids is 1. The molecular weight excluding hydrogens is 382 g/mol. The minimum absolute atomic E-state index is 0.0433. The van der Waals surface area contributed by atoms with E-state index in [2.05, 4.69) is 20.5 Å². The van der Waals surface area contributed by atoms with Gasteiger partial charge in [0.1, 0.15) is 5.75 Å². The molecule has 1 N–H and O–H groups in total. The number of carbonyl (C=O) groups is 1.